The number of nitrogens with one attached hydrogen (secondary N) is 3. The Bertz CT molecular complexity index is 626. The molecule has 0 fully saturated rings. The lowest BCUT2D eigenvalue weighted by Crippen LogP contribution is -3.09. The summed E-state index contributed by atoms with van der Waals surface area (Å²) in [6, 6.07) is 12.1. The number of amides is 3. The smallest absolute Gasteiger partial charge is 0.321 e. The molecule has 0 aliphatic rings. The van der Waals surface area contributed by atoms with E-state index in [0.29, 0.717) is 13.1 Å². The van der Waals surface area contributed by atoms with E-state index >= 15 is 0 Å². The maximum atomic E-state index is 12.6. The Labute approximate surface area is 135 Å². The van der Waals surface area contributed by atoms with Gasteiger partial charge in [0.15, 0.2) is 11.8 Å². The summed E-state index contributed by atoms with van der Waals surface area (Å²) >= 11 is 0. The van der Waals surface area contributed by atoms with Crippen molar-refractivity contribution in [1.82, 2.24) is 10.6 Å². The Morgan fingerprint density at radius 3 is 2.52 bits per heavy atom. The molecule has 2 rings (SSSR count). The van der Waals surface area contributed by atoms with Crippen LogP contribution in [0.2, 0.25) is 0 Å². The number of likely N-dealkylation sites (N-methyl/N-ethyl adjacent to an activating group) is 1. The molecule has 0 radical (unpaired) electrons. The van der Waals surface area contributed by atoms with Crippen molar-refractivity contribution in [2.45, 2.75) is 19.5 Å². The van der Waals surface area contributed by atoms with E-state index in [-0.39, 0.29) is 5.91 Å². The van der Waals surface area contributed by atoms with E-state index in [1.807, 2.05) is 49.5 Å². The van der Waals surface area contributed by atoms with Gasteiger partial charge < -0.3 is 14.6 Å². The lowest BCUT2D eigenvalue weighted by molar-refractivity contribution is -0.917. The fourth-order valence-corrected chi connectivity index (χ4v) is 2.48. The van der Waals surface area contributed by atoms with Gasteiger partial charge in [-0.25, -0.2) is 4.79 Å². The van der Waals surface area contributed by atoms with Crippen LogP contribution in [0.15, 0.2) is 53.1 Å². The average molecular weight is 316 g/mol. The van der Waals surface area contributed by atoms with E-state index in [0.717, 1.165) is 16.2 Å². The van der Waals surface area contributed by atoms with E-state index in [1.165, 1.54) is 0 Å². The zero-order valence-electron chi connectivity index (χ0n) is 13.3. The molecule has 6 nitrogen and oxygen atoms in total. The summed E-state index contributed by atoms with van der Waals surface area (Å²) in [5, 5.41) is 4.97. The number of furan rings is 1. The quantitative estimate of drug-likeness (QED) is 0.740. The maximum absolute atomic E-state index is 12.6. The van der Waals surface area contributed by atoms with Crippen LogP contribution >= 0.6 is 0 Å². The van der Waals surface area contributed by atoms with Crippen LogP contribution in [0, 0.1) is 0 Å². The first-order valence-electron chi connectivity index (χ1n) is 7.60. The molecule has 0 aliphatic carbocycles. The van der Waals surface area contributed by atoms with Gasteiger partial charge in [0.05, 0.1) is 13.3 Å². The van der Waals surface area contributed by atoms with Crippen molar-refractivity contribution in [3.8, 4) is 0 Å². The number of urea groups is 1. The molecule has 23 heavy (non-hydrogen) atoms. The van der Waals surface area contributed by atoms with Crippen LogP contribution in [0.3, 0.4) is 0 Å². The molecule has 1 aromatic heterocycles. The molecule has 0 spiro atoms. The molecule has 0 bridgehead atoms. The van der Waals surface area contributed by atoms with E-state index in [4.69, 9.17) is 4.42 Å². The van der Waals surface area contributed by atoms with Crippen molar-refractivity contribution in [2.24, 2.45) is 0 Å². The van der Waals surface area contributed by atoms with Crippen molar-refractivity contribution < 1.29 is 18.9 Å². The molecule has 2 aromatic rings. The number of rotatable bonds is 6. The number of carbonyl (C=O) groups is 2. The van der Waals surface area contributed by atoms with Crippen LogP contribution in [0.4, 0.5) is 4.79 Å². The number of carbonyl (C=O) groups excluding carboxylic acids is 2. The largest absolute Gasteiger partial charge is 0.463 e. The third-order valence-electron chi connectivity index (χ3n) is 3.50. The number of quaternary nitrogens is 1. The highest BCUT2D eigenvalue weighted by atomic mass is 16.3. The summed E-state index contributed by atoms with van der Waals surface area (Å²) in [7, 11) is 1.90. The van der Waals surface area contributed by atoms with Crippen LogP contribution < -0.4 is 15.5 Å². The fraction of sp³-hybridized carbons (Fsp3) is 0.294. The van der Waals surface area contributed by atoms with Gasteiger partial charge in [-0.05, 0) is 19.1 Å². The number of imide groups is 1. The van der Waals surface area contributed by atoms with Crippen molar-refractivity contribution in [3.05, 3.63) is 60.1 Å². The van der Waals surface area contributed by atoms with Gasteiger partial charge in [-0.1, -0.05) is 30.3 Å². The van der Waals surface area contributed by atoms with Gasteiger partial charge in [0.25, 0.3) is 5.91 Å². The predicted octanol–water partition coefficient (Wildman–Crippen LogP) is 0.881. The molecule has 1 unspecified atom stereocenters. The lowest BCUT2D eigenvalue weighted by atomic mass is 10.0. The summed E-state index contributed by atoms with van der Waals surface area (Å²) in [5.74, 6) is 0.445. The van der Waals surface area contributed by atoms with Crippen LogP contribution in [0.5, 0.6) is 0 Å². The zero-order valence-corrected chi connectivity index (χ0v) is 13.3. The number of hydrogen-bond acceptors (Lipinski definition) is 3. The minimum atomic E-state index is -0.510. The second-order valence-corrected chi connectivity index (χ2v) is 5.29. The SMILES string of the molecule is CCNC(=O)NC(=O)[C@H](c1ccccc1)[NH+](C)Cc1ccco1. The standard InChI is InChI=1S/C17H21N3O3/c1-3-18-17(22)19-16(21)15(13-8-5-4-6-9-13)20(2)12-14-10-7-11-23-14/h4-11,15H,3,12H2,1-2H3,(H2,18,19,21,22)/p+1/t15-/m0/s1. The van der Waals surface area contributed by atoms with E-state index in [1.54, 1.807) is 13.2 Å². The van der Waals surface area contributed by atoms with Gasteiger partial charge >= 0.3 is 6.03 Å². The fourth-order valence-electron chi connectivity index (χ4n) is 2.48. The molecule has 2 atom stereocenters. The Hall–Kier alpha value is -2.60. The van der Waals surface area contributed by atoms with Crippen molar-refractivity contribution >= 4 is 11.9 Å². The van der Waals surface area contributed by atoms with Gasteiger partial charge in [-0.3, -0.25) is 10.1 Å². The first-order chi connectivity index (χ1) is 11.1. The number of benzene rings is 1. The van der Waals surface area contributed by atoms with Gasteiger partial charge in [0, 0.05) is 12.1 Å². The number of hydrogen-bond donors (Lipinski definition) is 3. The lowest BCUT2D eigenvalue weighted by Gasteiger charge is -2.23. The maximum Gasteiger partial charge on any atom is 0.321 e. The summed E-state index contributed by atoms with van der Waals surface area (Å²) < 4.78 is 5.36. The third kappa shape index (κ3) is 4.69. The monoisotopic (exact) mass is 316 g/mol. The van der Waals surface area contributed by atoms with Gasteiger partial charge in [-0.2, -0.15) is 0 Å². The minimum absolute atomic E-state index is 0.341. The second kappa shape index (κ2) is 8.14. The first-order valence-corrected chi connectivity index (χ1v) is 7.60. The Balaban J connectivity index is 2.17. The van der Waals surface area contributed by atoms with Crippen LogP contribution in [0.25, 0.3) is 0 Å². The van der Waals surface area contributed by atoms with Crippen LogP contribution in [-0.2, 0) is 11.3 Å². The van der Waals surface area contributed by atoms with Crippen LogP contribution in [-0.4, -0.2) is 25.5 Å². The molecule has 0 saturated carbocycles. The Morgan fingerprint density at radius 1 is 1.17 bits per heavy atom. The normalized spacial score (nSPS) is 13.1. The highest BCUT2D eigenvalue weighted by molar-refractivity contribution is 5.96. The predicted molar refractivity (Wildman–Crippen MR) is 85.7 cm³/mol. The topological polar surface area (TPSA) is 75.8 Å². The molecule has 0 saturated heterocycles. The van der Waals surface area contributed by atoms with Crippen molar-refractivity contribution in [1.29, 1.82) is 0 Å². The third-order valence-corrected chi connectivity index (χ3v) is 3.50. The summed E-state index contributed by atoms with van der Waals surface area (Å²) in [6.45, 7) is 2.80. The summed E-state index contributed by atoms with van der Waals surface area (Å²) in [6.07, 6.45) is 1.61. The molecular formula is C17H22N3O3+. The van der Waals surface area contributed by atoms with Gasteiger partial charge in [-0.15, -0.1) is 0 Å². The van der Waals surface area contributed by atoms with E-state index in [9.17, 15) is 9.59 Å². The molecule has 0 aliphatic heterocycles. The molecule has 1 aromatic carbocycles. The molecular weight excluding hydrogens is 294 g/mol. The van der Waals surface area contributed by atoms with E-state index < -0.39 is 12.1 Å². The van der Waals surface area contributed by atoms with Crippen molar-refractivity contribution in [3.63, 3.8) is 0 Å². The highest BCUT2D eigenvalue weighted by Gasteiger charge is 2.30. The summed E-state index contributed by atoms with van der Waals surface area (Å²) in [5.41, 5.74) is 0.846. The minimum Gasteiger partial charge on any atom is -0.463 e. The highest BCUT2D eigenvalue weighted by Crippen LogP contribution is 2.10. The Morgan fingerprint density at radius 2 is 1.91 bits per heavy atom. The summed E-state index contributed by atoms with van der Waals surface area (Å²) in [4.78, 5) is 25.1. The molecule has 3 N–H and O–H groups in total. The van der Waals surface area contributed by atoms with Gasteiger partial charge in [0.2, 0.25) is 0 Å². The Kier molecular flexibility index (Phi) is 5.94. The molecule has 1 heterocycles. The van der Waals surface area contributed by atoms with Crippen LogP contribution in [0.1, 0.15) is 24.3 Å². The van der Waals surface area contributed by atoms with E-state index in [2.05, 4.69) is 10.6 Å². The molecule has 6 heteroatoms. The average Bonchev–Trinajstić information content (AvgIpc) is 3.01. The first kappa shape index (κ1) is 16.8. The van der Waals surface area contributed by atoms with Crippen molar-refractivity contribution in [2.75, 3.05) is 13.6 Å². The van der Waals surface area contributed by atoms with Gasteiger partial charge in [0.1, 0.15) is 6.54 Å². The molecule has 122 valence electrons. The molecule has 3 amide bonds. The second-order valence-electron chi connectivity index (χ2n) is 5.29. The zero-order chi connectivity index (χ0) is 16.7.